The SMILES string of the molecule is Cc1ccncc1CC(=O)N1CCC[C@H](Nc2ncccn2)C1. The van der Waals surface area contributed by atoms with Crippen molar-refractivity contribution in [2.75, 3.05) is 18.4 Å². The quantitative estimate of drug-likeness (QED) is 0.932. The van der Waals surface area contributed by atoms with Gasteiger partial charge in [-0.25, -0.2) is 9.97 Å². The van der Waals surface area contributed by atoms with Crippen molar-refractivity contribution >= 4 is 11.9 Å². The first-order valence-corrected chi connectivity index (χ1v) is 7.93. The number of nitrogens with one attached hydrogen (secondary N) is 1. The highest BCUT2D eigenvalue weighted by molar-refractivity contribution is 5.79. The number of carbonyl (C=O) groups excluding carboxylic acids is 1. The minimum absolute atomic E-state index is 0.154. The fourth-order valence-electron chi connectivity index (χ4n) is 2.83. The van der Waals surface area contributed by atoms with Crippen LogP contribution >= 0.6 is 0 Å². The molecule has 3 heterocycles. The van der Waals surface area contributed by atoms with E-state index in [0.29, 0.717) is 18.9 Å². The Bertz CT molecular complexity index is 661. The predicted molar refractivity (Wildman–Crippen MR) is 87.9 cm³/mol. The van der Waals surface area contributed by atoms with Crippen LogP contribution in [0.4, 0.5) is 5.95 Å². The molecular formula is C17H21N5O. The van der Waals surface area contributed by atoms with Gasteiger partial charge in [0.25, 0.3) is 0 Å². The van der Waals surface area contributed by atoms with E-state index in [-0.39, 0.29) is 11.9 Å². The Balaban J connectivity index is 1.59. The molecule has 0 bridgehead atoms. The number of hydrogen-bond donors (Lipinski definition) is 1. The zero-order chi connectivity index (χ0) is 16.1. The van der Waals surface area contributed by atoms with Gasteiger partial charge in [-0.15, -0.1) is 0 Å². The van der Waals surface area contributed by atoms with Crippen LogP contribution in [0.3, 0.4) is 0 Å². The summed E-state index contributed by atoms with van der Waals surface area (Å²) in [6, 6.07) is 3.93. The van der Waals surface area contributed by atoms with E-state index < -0.39 is 0 Å². The number of rotatable bonds is 4. The van der Waals surface area contributed by atoms with E-state index in [9.17, 15) is 4.79 Å². The number of hydrogen-bond acceptors (Lipinski definition) is 5. The van der Waals surface area contributed by atoms with Crippen molar-refractivity contribution in [3.63, 3.8) is 0 Å². The van der Waals surface area contributed by atoms with Crippen molar-refractivity contribution in [2.24, 2.45) is 0 Å². The van der Waals surface area contributed by atoms with Crippen LogP contribution in [-0.4, -0.2) is 44.9 Å². The third-order valence-electron chi connectivity index (χ3n) is 4.16. The van der Waals surface area contributed by atoms with Crippen molar-refractivity contribution < 1.29 is 4.79 Å². The second-order valence-electron chi connectivity index (χ2n) is 5.87. The van der Waals surface area contributed by atoms with Crippen LogP contribution in [0.15, 0.2) is 36.9 Å². The molecule has 6 heteroatoms. The molecule has 1 amide bonds. The van der Waals surface area contributed by atoms with Gasteiger partial charge in [-0.2, -0.15) is 0 Å². The molecule has 1 atom stereocenters. The van der Waals surface area contributed by atoms with Gasteiger partial charge in [0.1, 0.15) is 0 Å². The number of aromatic nitrogens is 3. The van der Waals surface area contributed by atoms with E-state index in [4.69, 9.17) is 0 Å². The van der Waals surface area contributed by atoms with Gasteiger partial charge in [0.2, 0.25) is 11.9 Å². The lowest BCUT2D eigenvalue weighted by molar-refractivity contribution is -0.131. The Morgan fingerprint density at radius 3 is 2.96 bits per heavy atom. The first kappa shape index (κ1) is 15.4. The van der Waals surface area contributed by atoms with Crippen LogP contribution in [0.5, 0.6) is 0 Å². The Kier molecular flexibility index (Phi) is 4.80. The van der Waals surface area contributed by atoms with Gasteiger partial charge in [-0.3, -0.25) is 9.78 Å². The minimum Gasteiger partial charge on any atom is -0.350 e. The molecule has 1 fully saturated rings. The zero-order valence-corrected chi connectivity index (χ0v) is 13.3. The summed E-state index contributed by atoms with van der Waals surface area (Å²) in [5.74, 6) is 0.775. The van der Waals surface area contributed by atoms with E-state index in [2.05, 4.69) is 20.3 Å². The highest BCUT2D eigenvalue weighted by atomic mass is 16.2. The Hall–Kier alpha value is -2.50. The lowest BCUT2D eigenvalue weighted by atomic mass is 10.0. The van der Waals surface area contributed by atoms with Gasteiger partial charge < -0.3 is 10.2 Å². The van der Waals surface area contributed by atoms with E-state index in [1.165, 1.54) is 0 Å². The number of aryl methyl sites for hydroxylation is 1. The van der Waals surface area contributed by atoms with E-state index in [1.54, 1.807) is 30.9 Å². The highest BCUT2D eigenvalue weighted by Gasteiger charge is 2.24. The molecule has 1 aliphatic rings. The predicted octanol–water partition coefficient (Wildman–Crippen LogP) is 1.83. The molecule has 0 saturated carbocycles. The van der Waals surface area contributed by atoms with Crippen molar-refractivity contribution in [3.05, 3.63) is 48.0 Å². The van der Waals surface area contributed by atoms with Gasteiger partial charge in [-0.1, -0.05) is 0 Å². The third-order valence-corrected chi connectivity index (χ3v) is 4.16. The number of piperidine rings is 1. The second-order valence-corrected chi connectivity index (χ2v) is 5.87. The van der Waals surface area contributed by atoms with Crippen LogP contribution in [0.2, 0.25) is 0 Å². The van der Waals surface area contributed by atoms with Gasteiger partial charge in [-0.05, 0) is 43.0 Å². The van der Waals surface area contributed by atoms with Crippen LogP contribution in [0.25, 0.3) is 0 Å². The average Bonchev–Trinajstić information content (AvgIpc) is 2.58. The van der Waals surface area contributed by atoms with Crippen LogP contribution in [-0.2, 0) is 11.2 Å². The molecule has 23 heavy (non-hydrogen) atoms. The zero-order valence-electron chi connectivity index (χ0n) is 13.3. The summed E-state index contributed by atoms with van der Waals surface area (Å²) in [5.41, 5.74) is 2.11. The summed E-state index contributed by atoms with van der Waals surface area (Å²) in [6.07, 6.45) is 9.39. The van der Waals surface area contributed by atoms with E-state index in [0.717, 1.165) is 30.5 Å². The molecule has 0 spiro atoms. The second kappa shape index (κ2) is 7.17. The maximum atomic E-state index is 12.6. The molecule has 0 aromatic carbocycles. The molecular weight excluding hydrogens is 290 g/mol. The molecule has 3 rings (SSSR count). The normalized spacial score (nSPS) is 17.8. The Morgan fingerprint density at radius 1 is 1.35 bits per heavy atom. The number of likely N-dealkylation sites (tertiary alicyclic amines) is 1. The molecule has 2 aromatic heterocycles. The van der Waals surface area contributed by atoms with Crippen molar-refractivity contribution in [1.82, 2.24) is 19.9 Å². The molecule has 0 radical (unpaired) electrons. The average molecular weight is 311 g/mol. The van der Waals surface area contributed by atoms with Crippen LogP contribution in [0, 0.1) is 6.92 Å². The molecule has 0 unspecified atom stereocenters. The Morgan fingerprint density at radius 2 is 2.17 bits per heavy atom. The lowest BCUT2D eigenvalue weighted by Gasteiger charge is -2.33. The summed E-state index contributed by atoms with van der Waals surface area (Å²) in [4.78, 5) is 27.0. The summed E-state index contributed by atoms with van der Waals surface area (Å²) >= 11 is 0. The lowest BCUT2D eigenvalue weighted by Crippen LogP contribution is -2.45. The number of anilines is 1. The first-order chi connectivity index (χ1) is 11.2. The van der Waals surface area contributed by atoms with Crippen molar-refractivity contribution in [2.45, 2.75) is 32.2 Å². The molecule has 2 aromatic rings. The minimum atomic E-state index is 0.154. The standard InChI is InChI=1S/C17H21N5O/c1-13-5-8-18-11-14(13)10-16(23)22-9-2-4-15(12-22)21-17-19-6-3-7-20-17/h3,5-8,11,15H,2,4,9-10,12H2,1H3,(H,19,20,21)/t15-/m0/s1. The first-order valence-electron chi connectivity index (χ1n) is 7.93. The third kappa shape index (κ3) is 4.03. The largest absolute Gasteiger partial charge is 0.350 e. The number of amides is 1. The molecule has 120 valence electrons. The monoisotopic (exact) mass is 311 g/mol. The number of pyridine rings is 1. The van der Waals surface area contributed by atoms with E-state index in [1.807, 2.05) is 17.9 Å². The fourth-order valence-corrected chi connectivity index (χ4v) is 2.83. The number of nitrogens with zero attached hydrogens (tertiary/aromatic N) is 4. The van der Waals surface area contributed by atoms with Gasteiger partial charge in [0.05, 0.1) is 6.42 Å². The van der Waals surface area contributed by atoms with Crippen molar-refractivity contribution in [3.8, 4) is 0 Å². The summed E-state index contributed by atoms with van der Waals surface area (Å²) in [5, 5.41) is 3.31. The number of carbonyl (C=O) groups is 1. The Labute approximate surface area is 136 Å². The van der Waals surface area contributed by atoms with Gasteiger partial charge >= 0.3 is 0 Å². The summed E-state index contributed by atoms with van der Waals surface area (Å²) in [6.45, 7) is 3.51. The molecule has 0 aliphatic carbocycles. The summed E-state index contributed by atoms with van der Waals surface area (Å²) in [7, 11) is 0. The maximum absolute atomic E-state index is 12.6. The molecule has 6 nitrogen and oxygen atoms in total. The topological polar surface area (TPSA) is 71.0 Å². The van der Waals surface area contributed by atoms with Gasteiger partial charge in [0.15, 0.2) is 0 Å². The van der Waals surface area contributed by atoms with Crippen LogP contribution in [0.1, 0.15) is 24.0 Å². The van der Waals surface area contributed by atoms with E-state index >= 15 is 0 Å². The fraction of sp³-hybridized carbons (Fsp3) is 0.412. The van der Waals surface area contributed by atoms with Crippen LogP contribution < -0.4 is 5.32 Å². The maximum Gasteiger partial charge on any atom is 0.227 e. The molecule has 1 aliphatic heterocycles. The summed E-state index contributed by atoms with van der Waals surface area (Å²) < 4.78 is 0. The molecule has 1 saturated heterocycles. The molecule has 1 N–H and O–H groups in total. The van der Waals surface area contributed by atoms with Crippen molar-refractivity contribution in [1.29, 1.82) is 0 Å². The smallest absolute Gasteiger partial charge is 0.227 e. The van der Waals surface area contributed by atoms with Gasteiger partial charge in [0, 0.05) is 43.9 Å². The highest BCUT2D eigenvalue weighted by Crippen LogP contribution is 2.15.